The molecule has 0 aromatic heterocycles. The maximum absolute atomic E-state index is 13.1. The molecule has 1 N–H and O–H groups in total. The number of amides is 3. The molecule has 1 heterocycles. The smallest absolute Gasteiger partial charge is 0.321 e. The van der Waals surface area contributed by atoms with E-state index in [2.05, 4.69) is 12.2 Å². The lowest BCUT2D eigenvalue weighted by Gasteiger charge is -2.25. The molecule has 5 nitrogen and oxygen atoms in total. The van der Waals surface area contributed by atoms with Gasteiger partial charge in [-0.1, -0.05) is 19.1 Å². The van der Waals surface area contributed by atoms with E-state index in [-0.39, 0.29) is 34.9 Å². The Bertz CT molecular complexity index is 1030. The molecule has 2 aliphatic rings. The average molecular weight is 430 g/mol. The fourth-order valence-corrected chi connectivity index (χ4v) is 4.44. The molecule has 31 heavy (non-hydrogen) atoms. The first kappa shape index (κ1) is 21.1. The molecule has 3 atom stereocenters. The van der Waals surface area contributed by atoms with Crippen molar-refractivity contribution in [3.8, 4) is 0 Å². The summed E-state index contributed by atoms with van der Waals surface area (Å²) in [6.45, 7) is 2.07. The molecule has 0 radical (unpaired) electrons. The van der Waals surface area contributed by atoms with Gasteiger partial charge in [-0.2, -0.15) is 13.2 Å². The quantitative estimate of drug-likeness (QED) is 0.706. The highest BCUT2D eigenvalue weighted by atomic mass is 19.4. The number of nitrogens with one attached hydrogen (secondary N) is 1. The number of carbonyl (C=O) groups excluding carboxylic acids is 3. The molecule has 0 unspecified atom stereocenters. The van der Waals surface area contributed by atoms with Crippen LogP contribution in [0.3, 0.4) is 0 Å². The number of hydrogen-bond donors (Lipinski definition) is 1. The summed E-state index contributed by atoms with van der Waals surface area (Å²) in [5.74, 6) is -1.38. The molecular weight excluding hydrogens is 409 g/mol. The van der Waals surface area contributed by atoms with E-state index in [4.69, 9.17) is 0 Å². The van der Waals surface area contributed by atoms with Crippen molar-refractivity contribution in [2.45, 2.75) is 32.4 Å². The third kappa shape index (κ3) is 3.94. The van der Waals surface area contributed by atoms with Crippen molar-refractivity contribution in [3.63, 3.8) is 0 Å². The number of halogens is 3. The van der Waals surface area contributed by atoms with Crippen LogP contribution in [0.1, 0.15) is 42.1 Å². The van der Waals surface area contributed by atoms with Crippen molar-refractivity contribution in [2.24, 2.45) is 17.8 Å². The predicted molar refractivity (Wildman–Crippen MR) is 108 cm³/mol. The Morgan fingerprint density at radius 2 is 1.61 bits per heavy atom. The van der Waals surface area contributed by atoms with E-state index >= 15 is 0 Å². The minimum absolute atomic E-state index is 0.117. The molecular formula is C23H21F3N2O3. The van der Waals surface area contributed by atoms with Crippen LogP contribution in [0.2, 0.25) is 0 Å². The zero-order valence-electron chi connectivity index (χ0n) is 16.8. The Kier molecular flexibility index (Phi) is 5.33. The van der Waals surface area contributed by atoms with Gasteiger partial charge in [0.15, 0.2) is 0 Å². The van der Waals surface area contributed by atoms with Crippen molar-refractivity contribution in [1.29, 1.82) is 0 Å². The largest absolute Gasteiger partial charge is 0.418 e. The summed E-state index contributed by atoms with van der Waals surface area (Å²) in [7, 11) is 0. The number of fused-ring (bicyclic) bond motifs is 1. The standard InChI is InChI=1S/C23H21F3N2O3/c1-13-6-11-16-17(12-13)22(31)28(21(16)30)15-9-7-14(8-10-15)20(29)27-19-5-3-2-4-18(19)23(24,25)26/h2-5,7-10,13,16-17H,6,11-12H2,1H3,(H,27,29)/t13-,16-,17-/m1/s1. The van der Waals surface area contributed by atoms with E-state index in [9.17, 15) is 27.6 Å². The van der Waals surface area contributed by atoms with Crippen molar-refractivity contribution in [1.82, 2.24) is 0 Å². The third-order valence-electron chi connectivity index (χ3n) is 6.06. The second-order valence-electron chi connectivity index (χ2n) is 8.19. The van der Waals surface area contributed by atoms with Gasteiger partial charge in [-0.05, 0) is 61.6 Å². The Morgan fingerprint density at radius 3 is 2.29 bits per heavy atom. The van der Waals surface area contributed by atoms with Crippen LogP contribution >= 0.6 is 0 Å². The molecule has 2 aromatic rings. The maximum Gasteiger partial charge on any atom is 0.418 e. The molecule has 0 spiro atoms. The van der Waals surface area contributed by atoms with Gasteiger partial charge in [0, 0.05) is 5.56 Å². The Morgan fingerprint density at radius 1 is 0.968 bits per heavy atom. The number of carbonyl (C=O) groups is 3. The summed E-state index contributed by atoms with van der Waals surface area (Å²) >= 11 is 0. The highest BCUT2D eigenvalue weighted by molar-refractivity contribution is 6.22. The van der Waals surface area contributed by atoms with E-state index in [1.54, 1.807) is 0 Å². The molecule has 162 valence electrons. The number of hydrogen-bond acceptors (Lipinski definition) is 3. The predicted octanol–water partition coefficient (Wildman–Crippen LogP) is 4.88. The summed E-state index contributed by atoms with van der Waals surface area (Å²) in [5, 5.41) is 2.28. The molecule has 1 aliphatic carbocycles. The molecule has 2 fully saturated rings. The number of anilines is 2. The van der Waals surface area contributed by atoms with Crippen LogP contribution < -0.4 is 10.2 Å². The van der Waals surface area contributed by atoms with Crippen LogP contribution in [0.4, 0.5) is 24.5 Å². The minimum atomic E-state index is -4.60. The SMILES string of the molecule is C[C@@H]1CC[C@H]2C(=O)N(c3ccc(C(=O)Nc4ccccc4C(F)(F)F)cc3)C(=O)[C@@H]2C1. The highest BCUT2D eigenvalue weighted by Crippen LogP contribution is 2.42. The third-order valence-corrected chi connectivity index (χ3v) is 6.06. The van der Waals surface area contributed by atoms with Gasteiger partial charge in [0.05, 0.1) is 28.8 Å². The molecule has 4 rings (SSSR count). The maximum atomic E-state index is 13.1. The van der Waals surface area contributed by atoms with Gasteiger partial charge in [-0.15, -0.1) is 0 Å². The van der Waals surface area contributed by atoms with Gasteiger partial charge in [0.2, 0.25) is 11.8 Å². The van der Waals surface area contributed by atoms with Gasteiger partial charge in [0.25, 0.3) is 5.91 Å². The fraction of sp³-hybridized carbons (Fsp3) is 0.348. The zero-order chi connectivity index (χ0) is 22.3. The first-order chi connectivity index (χ1) is 14.7. The van der Waals surface area contributed by atoms with Crippen molar-refractivity contribution in [3.05, 3.63) is 59.7 Å². The summed E-state index contributed by atoms with van der Waals surface area (Å²) in [5.41, 5.74) is -0.799. The second kappa shape index (κ2) is 7.83. The lowest BCUT2D eigenvalue weighted by atomic mass is 9.76. The normalized spacial score (nSPS) is 23.6. The Balaban J connectivity index is 1.52. The topological polar surface area (TPSA) is 66.5 Å². The summed E-state index contributed by atoms with van der Waals surface area (Å²) in [6.07, 6.45) is -2.32. The first-order valence-electron chi connectivity index (χ1n) is 10.1. The van der Waals surface area contributed by atoms with Gasteiger partial charge in [-0.25, -0.2) is 0 Å². The van der Waals surface area contributed by atoms with Crippen LogP contribution in [0.15, 0.2) is 48.5 Å². The lowest BCUT2D eigenvalue weighted by Crippen LogP contribution is -2.30. The second-order valence-corrected chi connectivity index (χ2v) is 8.19. The molecule has 1 aliphatic heterocycles. The van der Waals surface area contributed by atoms with Crippen molar-refractivity contribution < 1.29 is 27.6 Å². The first-order valence-corrected chi connectivity index (χ1v) is 10.1. The van der Waals surface area contributed by atoms with Crippen molar-refractivity contribution >= 4 is 29.1 Å². The van der Waals surface area contributed by atoms with Gasteiger partial charge < -0.3 is 5.32 Å². The fourth-order valence-electron chi connectivity index (χ4n) is 4.44. The molecule has 0 bridgehead atoms. The van der Waals surface area contributed by atoms with Crippen molar-refractivity contribution in [2.75, 3.05) is 10.2 Å². The molecule has 3 amide bonds. The van der Waals surface area contributed by atoms with E-state index < -0.39 is 17.6 Å². The van der Waals surface area contributed by atoms with Crippen LogP contribution in [-0.2, 0) is 15.8 Å². The molecule has 2 aromatic carbocycles. The van der Waals surface area contributed by atoms with E-state index in [0.29, 0.717) is 24.4 Å². The number of nitrogens with zero attached hydrogens (tertiary/aromatic N) is 1. The van der Waals surface area contributed by atoms with Crippen LogP contribution in [0.5, 0.6) is 0 Å². The lowest BCUT2D eigenvalue weighted by molar-refractivity contribution is -0.137. The van der Waals surface area contributed by atoms with Gasteiger partial charge in [0.1, 0.15) is 0 Å². The summed E-state index contributed by atoms with van der Waals surface area (Å²) in [4.78, 5) is 39.2. The van der Waals surface area contributed by atoms with Gasteiger partial charge in [-0.3, -0.25) is 19.3 Å². The number of imide groups is 1. The molecule has 1 saturated heterocycles. The number of rotatable bonds is 3. The number of benzene rings is 2. The van der Waals surface area contributed by atoms with E-state index in [1.807, 2.05) is 0 Å². The van der Waals surface area contributed by atoms with Crippen LogP contribution in [-0.4, -0.2) is 17.7 Å². The Hall–Kier alpha value is -3.16. The average Bonchev–Trinajstić information content (AvgIpc) is 2.97. The van der Waals surface area contributed by atoms with E-state index in [0.717, 1.165) is 12.5 Å². The van der Waals surface area contributed by atoms with Crippen LogP contribution in [0.25, 0.3) is 0 Å². The Labute approximate surface area is 177 Å². The van der Waals surface area contributed by atoms with Crippen LogP contribution in [0, 0.1) is 17.8 Å². The summed E-state index contributed by atoms with van der Waals surface area (Å²) in [6, 6.07) is 10.5. The number of para-hydroxylation sites is 1. The minimum Gasteiger partial charge on any atom is -0.321 e. The molecule has 8 heteroatoms. The molecule has 1 saturated carbocycles. The monoisotopic (exact) mass is 430 g/mol. The van der Waals surface area contributed by atoms with Gasteiger partial charge >= 0.3 is 6.18 Å². The summed E-state index contributed by atoms with van der Waals surface area (Å²) < 4.78 is 39.4. The zero-order valence-corrected chi connectivity index (χ0v) is 16.8. The van der Waals surface area contributed by atoms with E-state index in [1.165, 1.54) is 47.4 Å². The highest BCUT2D eigenvalue weighted by Gasteiger charge is 2.49. The number of alkyl halides is 3.